The highest BCUT2D eigenvalue weighted by Crippen LogP contribution is 2.16. The number of carbonyl (C=O) groups excluding carboxylic acids is 2. The van der Waals surface area contributed by atoms with Crippen molar-refractivity contribution in [3.05, 3.63) is 0 Å². The van der Waals surface area contributed by atoms with Gasteiger partial charge in [-0.05, 0) is 40.0 Å². The second-order valence-electron chi connectivity index (χ2n) is 6.13. The van der Waals surface area contributed by atoms with Gasteiger partial charge in [-0.2, -0.15) is 0 Å². The van der Waals surface area contributed by atoms with Crippen LogP contribution in [0.25, 0.3) is 0 Å². The Labute approximate surface area is 126 Å². The molecular weight excluding hydrogens is 280 g/mol. The lowest BCUT2D eigenvalue weighted by Gasteiger charge is -2.19. The predicted octanol–water partition coefficient (Wildman–Crippen LogP) is 2.52. The smallest absolute Gasteiger partial charge is 0.407 e. The average Bonchev–Trinajstić information content (AvgIpc) is 2.60. The van der Waals surface area contributed by atoms with Gasteiger partial charge in [-0.25, -0.2) is 4.79 Å². The molecule has 116 valence electrons. The standard InChI is InChI=1S/C14H25ClN2O3/c1-14(2,3)20-13(19)16-7-5-4-6-8-17-10-11(15)9-12(17)18/h11H,4-10H2,1-3H3,(H,16,19). The van der Waals surface area contributed by atoms with Gasteiger partial charge in [-0.15, -0.1) is 11.6 Å². The van der Waals surface area contributed by atoms with Crippen LogP contribution in [0.5, 0.6) is 0 Å². The molecule has 0 aliphatic carbocycles. The fourth-order valence-corrected chi connectivity index (χ4v) is 2.35. The first-order chi connectivity index (χ1) is 9.28. The molecule has 0 radical (unpaired) electrons. The van der Waals surface area contributed by atoms with Gasteiger partial charge >= 0.3 is 6.09 Å². The third-order valence-electron chi connectivity index (χ3n) is 2.94. The van der Waals surface area contributed by atoms with Crippen LogP contribution in [-0.4, -0.2) is 47.5 Å². The number of alkyl halides is 1. The van der Waals surface area contributed by atoms with Gasteiger partial charge in [0.1, 0.15) is 5.60 Å². The SMILES string of the molecule is CC(C)(C)OC(=O)NCCCCCN1CC(Cl)CC1=O. The summed E-state index contributed by atoms with van der Waals surface area (Å²) in [6.07, 6.45) is 2.86. The molecule has 1 N–H and O–H groups in total. The van der Waals surface area contributed by atoms with E-state index in [9.17, 15) is 9.59 Å². The highest BCUT2D eigenvalue weighted by Gasteiger charge is 2.27. The molecular formula is C14H25ClN2O3. The lowest BCUT2D eigenvalue weighted by atomic mass is 10.2. The van der Waals surface area contributed by atoms with Gasteiger partial charge in [0.2, 0.25) is 5.91 Å². The number of halogens is 1. The summed E-state index contributed by atoms with van der Waals surface area (Å²) in [4.78, 5) is 24.7. The number of unbranched alkanes of at least 4 members (excludes halogenated alkanes) is 2. The summed E-state index contributed by atoms with van der Waals surface area (Å²) in [5, 5.41) is 2.69. The molecule has 6 heteroatoms. The van der Waals surface area contributed by atoms with E-state index in [1.807, 2.05) is 25.7 Å². The molecule has 0 aromatic heterocycles. The number of likely N-dealkylation sites (tertiary alicyclic amines) is 1. The van der Waals surface area contributed by atoms with Crippen LogP contribution in [0.1, 0.15) is 46.5 Å². The molecule has 1 unspecified atom stereocenters. The maximum atomic E-state index is 11.5. The minimum absolute atomic E-state index is 0.0312. The molecule has 1 saturated heterocycles. The minimum atomic E-state index is -0.460. The summed E-state index contributed by atoms with van der Waals surface area (Å²) in [6, 6.07) is 0. The van der Waals surface area contributed by atoms with Gasteiger partial charge in [0, 0.05) is 26.1 Å². The molecule has 20 heavy (non-hydrogen) atoms. The quantitative estimate of drug-likeness (QED) is 0.606. The lowest BCUT2D eigenvalue weighted by molar-refractivity contribution is -0.127. The number of hydrogen-bond acceptors (Lipinski definition) is 3. The van der Waals surface area contributed by atoms with Crippen molar-refractivity contribution in [2.45, 2.75) is 57.4 Å². The van der Waals surface area contributed by atoms with E-state index >= 15 is 0 Å². The molecule has 0 bridgehead atoms. The van der Waals surface area contributed by atoms with Gasteiger partial charge < -0.3 is 15.0 Å². The van der Waals surface area contributed by atoms with Crippen molar-refractivity contribution < 1.29 is 14.3 Å². The molecule has 0 spiro atoms. The molecule has 2 amide bonds. The largest absolute Gasteiger partial charge is 0.444 e. The number of nitrogens with zero attached hydrogens (tertiary/aromatic N) is 1. The Morgan fingerprint density at radius 1 is 1.40 bits per heavy atom. The van der Waals surface area contributed by atoms with Gasteiger partial charge in [-0.1, -0.05) is 0 Å². The Morgan fingerprint density at radius 2 is 2.10 bits per heavy atom. The Kier molecular flexibility index (Phi) is 6.59. The Morgan fingerprint density at radius 3 is 2.65 bits per heavy atom. The second-order valence-corrected chi connectivity index (χ2v) is 6.75. The summed E-state index contributed by atoms with van der Waals surface area (Å²) in [5.41, 5.74) is -0.460. The van der Waals surface area contributed by atoms with Gasteiger partial charge in [-0.3, -0.25) is 4.79 Å². The van der Waals surface area contributed by atoms with E-state index in [0.29, 0.717) is 19.5 Å². The highest BCUT2D eigenvalue weighted by molar-refractivity contribution is 6.22. The van der Waals surface area contributed by atoms with Crippen LogP contribution in [0.4, 0.5) is 4.79 Å². The van der Waals surface area contributed by atoms with Crippen LogP contribution in [0.15, 0.2) is 0 Å². The first kappa shape index (κ1) is 17.1. The topological polar surface area (TPSA) is 58.6 Å². The number of hydrogen-bond donors (Lipinski definition) is 1. The fraction of sp³-hybridized carbons (Fsp3) is 0.857. The van der Waals surface area contributed by atoms with E-state index in [2.05, 4.69) is 5.32 Å². The van der Waals surface area contributed by atoms with Crippen molar-refractivity contribution >= 4 is 23.6 Å². The first-order valence-corrected chi connectivity index (χ1v) is 7.60. The molecule has 1 heterocycles. The Hall–Kier alpha value is -0.970. The van der Waals surface area contributed by atoms with Crippen LogP contribution in [0, 0.1) is 0 Å². The molecule has 0 aromatic rings. The number of nitrogens with one attached hydrogen (secondary N) is 1. The van der Waals surface area contributed by atoms with Crippen molar-refractivity contribution in [2.24, 2.45) is 0 Å². The van der Waals surface area contributed by atoms with Crippen molar-refractivity contribution in [2.75, 3.05) is 19.6 Å². The molecule has 1 rings (SSSR count). The predicted molar refractivity (Wildman–Crippen MR) is 78.9 cm³/mol. The van der Waals surface area contributed by atoms with E-state index in [1.165, 1.54) is 0 Å². The maximum Gasteiger partial charge on any atom is 0.407 e. The summed E-state index contributed by atoms with van der Waals surface area (Å²) in [7, 11) is 0. The van der Waals surface area contributed by atoms with Crippen molar-refractivity contribution in [1.29, 1.82) is 0 Å². The number of alkyl carbamates (subject to hydrolysis) is 1. The molecule has 0 saturated carbocycles. The van der Waals surface area contributed by atoms with Crippen LogP contribution in [0.2, 0.25) is 0 Å². The molecule has 1 fully saturated rings. The number of rotatable bonds is 6. The van der Waals surface area contributed by atoms with Gasteiger partial charge in [0.15, 0.2) is 0 Å². The third kappa shape index (κ3) is 6.98. The minimum Gasteiger partial charge on any atom is -0.444 e. The highest BCUT2D eigenvalue weighted by atomic mass is 35.5. The van der Waals surface area contributed by atoms with Crippen LogP contribution < -0.4 is 5.32 Å². The van der Waals surface area contributed by atoms with Gasteiger partial charge in [0.05, 0.1) is 5.38 Å². The maximum absolute atomic E-state index is 11.5. The number of amides is 2. The molecule has 1 atom stereocenters. The van der Waals surface area contributed by atoms with Crippen LogP contribution in [-0.2, 0) is 9.53 Å². The lowest BCUT2D eigenvalue weighted by Crippen LogP contribution is -2.33. The average molecular weight is 305 g/mol. The second kappa shape index (κ2) is 7.72. The zero-order chi connectivity index (χ0) is 15.2. The van der Waals surface area contributed by atoms with E-state index < -0.39 is 5.60 Å². The van der Waals surface area contributed by atoms with Crippen molar-refractivity contribution in [3.63, 3.8) is 0 Å². The van der Waals surface area contributed by atoms with E-state index in [4.69, 9.17) is 16.3 Å². The fourth-order valence-electron chi connectivity index (χ4n) is 2.05. The Balaban J connectivity index is 2.00. The van der Waals surface area contributed by atoms with Crippen LogP contribution in [0.3, 0.4) is 0 Å². The summed E-state index contributed by atoms with van der Waals surface area (Å²) < 4.78 is 5.13. The van der Waals surface area contributed by atoms with Crippen LogP contribution >= 0.6 is 11.6 Å². The van der Waals surface area contributed by atoms with E-state index in [-0.39, 0.29) is 17.4 Å². The van der Waals surface area contributed by atoms with E-state index in [0.717, 1.165) is 25.8 Å². The zero-order valence-electron chi connectivity index (χ0n) is 12.6. The summed E-state index contributed by atoms with van der Waals surface area (Å²) >= 11 is 5.93. The molecule has 1 aliphatic heterocycles. The molecule has 5 nitrogen and oxygen atoms in total. The number of ether oxygens (including phenoxy) is 1. The zero-order valence-corrected chi connectivity index (χ0v) is 13.3. The molecule has 0 aromatic carbocycles. The van der Waals surface area contributed by atoms with Gasteiger partial charge in [0.25, 0.3) is 0 Å². The summed E-state index contributed by atoms with van der Waals surface area (Å²) in [6.45, 7) is 7.53. The Bertz CT molecular complexity index is 342. The molecule has 1 aliphatic rings. The number of carbonyl (C=O) groups is 2. The summed E-state index contributed by atoms with van der Waals surface area (Å²) in [5.74, 6) is 0.150. The van der Waals surface area contributed by atoms with Crippen molar-refractivity contribution in [1.82, 2.24) is 10.2 Å². The first-order valence-electron chi connectivity index (χ1n) is 7.16. The van der Waals surface area contributed by atoms with Crippen molar-refractivity contribution in [3.8, 4) is 0 Å². The monoisotopic (exact) mass is 304 g/mol. The third-order valence-corrected chi connectivity index (χ3v) is 3.23. The normalized spacial score (nSPS) is 19.3. The van der Waals surface area contributed by atoms with E-state index in [1.54, 1.807) is 0 Å².